The van der Waals surface area contributed by atoms with Crippen molar-refractivity contribution in [1.82, 2.24) is 15.2 Å². The molecule has 2 rings (SSSR count). The van der Waals surface area contributed by atoms with Crippen LogP contribution >= 0.6 is 0 Å². The van der Waals surface area contributed by atoms with Crippen LogP contribution in [0, 0.1) is 0 Å². The molecule has 1 aliphatic heterocycles. The van der Waals surface area contributed by atoms with Gasteiger partial charge in [-0.1, -0.05) is 6.07 Å². The summed E-state index contributed by atoms with van der Waals surface area (Å²) >= 11 is 0. The Kier molecular flexibility index (Phi) is 4.34. The lowest BCUT2D eigenvalue weighted by Crippen LogP contribution is -2.35. The van der Waals surface area contributed by atoms with E-state index in [0.717, 1.165) is 32.1 Å². The molecule has 2 heterocycles. The molecule has 1 aliphatic rings. The van der Waals surface area contributed by atoms with Crippen molar-refractivity contribution >= 4 is 0 Å². The molecular weight excluding hydrogens is 214 g/mol. The van der Waals surface area contributed by atoms with Crippen LogP contribution in [0.15, 0.2) is 18.3 Å². The van der Waals surface area contributed by atoms with E-state index in [9.17, 15) is 0 Å². The molecule has 0 spiro atoms. The Morgan fingerprint density at radius 3 is 3.29 bits per heavy atom. The molecule has 1 atom stereocenters. The third-order valence-electron chi connectivity index (χ3n) is 3.11. The number of nitrogens with zero attached hydrogens (tertiary/aromatic N) is 2. The van der Waals surface area contributed by atoms with Gasteiger partial charge >= 0.3 is 0 Å². The zero-order chi connectivity index (χ0) is 12.1. The van der Waals surface area contributed by atoms with Gasteiger partial charge in [-0.05, 0) is 32.5 Å². The normalized spacial score (nSPS) is 22.1. The van der Waals surface area contributed by atoms with Crippen molar-refractivity contribution in [2.75, 3.05) is 26.7 Å². The van der Waals surface area contributed by atoms with Gasteiger partial charge in [-0.2, -0.15) is 0 Å². The van der Waals surface area contributed by atoms with E-state index in [2.05, 4.69) is 28.2 Å². The number of nitrogens with one attached hydrogen (secondary N) is 1. The van der Waals surface area contributed by atoms with Crippen LogP contribution in [0.25, 0.3) is 0 Å². The van der Waals surface area contributed by atoms with Gasteiger partial charge in [0.05, 0.1) is 7.11 Å². The van der Waals surface area contributed by atoms with Gasteiger partial charge in [-0.3, -0.25) is 4.90 Å². The molecule has 0 radical (unpaired) electrons. The minimum absolute atomic E-state index is 0.556. The van der Waals surface area contributed by atoms with Gasteiger partial charge in [-0.15, -0.1) is 0 Å². The Morgan fingerprint density at radius 2 is 2.47 bits per heavy atom. The number of pyridine rings is 1. The molecule has 17 heavy (non-hydrogen) atoms. The van der Waals surface area contributed by atoms with E-state index in [0.29, 0.717) is 6.04 Å². The highest BCUT2D eigenvalue weighted by Crippen LogP contribution is 2.16. The maximum Gasteiger partial charge on any atom is 0.217 e. The van der Waals surface area contributed by atoms with Crippen molar-refractivity contribution in [2.24, 2.45) is 0 Å². The zero-order valence-electron chi connectivity index (χ0n) is 10.6. The molecule has 1 saturated heterocycles. The molecule has 0 aliphatic carbocycles. The van der Waals surface area contributed by atoms with Gasteiger partial charge in [0, 0.05) is 30.9 Å². The highest BCUT2D eigenvalue weighted by Gasteiger charge is 2.15. The quantitative estimate of drug-likeness (QED) is 0.856. The number of rotatable bonds is 3. The Bertz CT molecular complexity index is 356. The largest absolute Gasteiger partial charge is 0.481 e. The van der Waals surface area contributed by atoms with Crippen molar-refractivity contribution in [3.05, 3.63) is 23.9 Å². The number of hydrogen-bond acceptors (Lipinski definition) is 4. The molecule has 0 aromatic carbocycles. The second kappa shape index (κ2) is 5.98. The first kappa shape index (κ1) is 12.3. The predicted molar refractivity (Wildman–Crippen MR) is 68.1 cm³/mol. The lowest BCUT2D eigenvalue weighted by molar-refractivity contribution is 0.259. The Morgan fingerprint density at radius 1 is 1.59 bits per heavy atom. The maximum absolute atomic E-state index is 5.29. The topological polar surface area (TPSA) is 37.4 Å². The smallest absolute Gasteiger partial charge is 0.217 e. The van der Waals surface area contributed by atoms with Crippen LogP contribution in [-0.4, -0.2) is 42.7 Å². The number of methoxy groups -OCH3 is 1. The monoisotopic (exact) mass is 235 g/mol. The molecular formula is C13H21N3O. The fourth-order valence-corrected chi connectivity index (χ4v) is 2.31. The average Bonchev–Trinajstić information content (AvgIpc) is 2.54. The van der Waals surface area contributed by atoms with Gasteiger partial charge < -0.3 is 10.1 Å². The summed E-state index contributed by atoms with van der Waals surface area (Å²) in [5.41, 5.74) is 1.17. The van der Waals surface area contributed by atoms with E-state index in [1.165, 1.54) is 12.0 Å². The average molecular weight is 235 g/mol. The Labute approximate surface area is 103 Å². The standard InChI is InChI=1S/C13H21N3O/c1-11-9-16(8-4-7-14-11)10-12-5-3-6-15-13(12)17-2/h3,5-6,11,14H,4,7-10H2,1-2H3. The minimum Gasteiger partial charge on any atom is -0.481 e. The summed E-state index contributed by atoms with van der Waals surface area (Å²) in [6, 6.07) is 4.62. The van der Waals surface area contributed by atoms with Crippen LogP contribution in [0.4, 0.5) is 0 Å². The third-order valence-corrected chi connectivity index (χ3v) is 3.11. The summed E-state index contributed by atoms with van der Waals surface area (Å²) in [6.07, 6.45) is 2.97. The highest BCUT2D eigenvalue weighted by atomic mass is 16.5. The molecule has 1 fully saturated rings. The molecule has 4 nitrogen and oxygen atoms in total. The van der Waals surface area contributed by atoms with E-state index in [4.69, 9.17) is 4.74 Å². The lowest BCUT2D eigenvalue weighted by atomic mass is 10.2. The van der Waals surface area contributed by atoms with Crippen LogP contribution in [0.1, 0.15) is 18.9 Å². The molecule has 1 aromatic heterocycles. The molecule has 1 aromatic rings. The van der Waals surface area contributed by atoms with Crippen molar-refractivity contribution in [3.63, 3.8) is 0 Å². The fraction of sp³-hybridized carbons (Fsp3) is 0.615. The van der Waals surface area contributed by atoms with Crippen LogP contribution in [-0.2, 0) is 6.54 Å². The third kappa shape index (κ3) is 3.41. The Balaban J connectivity index is 2.03. The van der Waals surface area contributed by atoms with Crippen LogP contribution in [0.3, 0.4) is 0 Å². The van der Waals surface area contributed by atoms with E-state index < -0.39 is 0 Å². The van der Waals surface area contributed by atoms with Crippen LogP contribution in [0.5, 0.6) is 5.88 Å². The van der Waals surface area contributed by atoms with Crippen molar-refractivity contribution in [1.29, 1.82) is 0 Å². The fourth-order valence-electron chi connectivity index (χ4n) is 2.31. The van der Waals surface area contributed by atoms with Crippen LogP contribution in [0.2, 0.25) is 0 Å². The summed E-state index contributed by atoms with van der Waals surface area (Å²) in [7, 11) is 1.68. The first-order chi connectivity index (χ1) is 8.29. The van der Waals surface area contributed by atoms with Crippen molar-refractivity contribution < 1.29 is 4.74 Å². The van der Waals surface area contributed by atoms with Crippen molar-refractivity contribution in [3.8, 4) is 5.88 Å². The number of hydrogen-bond donors (Lipinski definition) is 1. The second-order valence-corrected chi connectivity index (χ2v) is 4.62. The maximum atomic E-state index is 5.29. The van der Waals surface area contributed by atoms with Crippen LogP contribution < -0.4 is 10.1 Å². The van der Waals surface area contributed by atoms with E-state index in [1.54, 1.807) is 13.3 Å². The van der Waals surface area contributed by atoms with Gasteiger partial charge in [0.15, 0.2) is 0 Å². The van der Waals surface area contributed by atoms with Gasteiger partial charge in [0.25, 0.3) is 0 Å². The van der Waals surface area contributed by atoms with Crippen molar-refractivity contribution in [2.45, 2.75) is 25.9 Å². The SMILES string of the molecule is COc1ncccc1CN1CCCNC(C)C1. The van der Waals surface area contributed by atoms with Gasteiger partial charge in [0.2, 0.25) is 5.88 Å². The summed E-state index contributed by atoms with van der Waals surface area (Å²) in [5.74, 6) is 0.748. The molecule has 1 unspecified atom stereocenters. The van der Waals surface area contributed by atoms with E-state index >= 15 is 0 Å². The van der Waals surface area contributed by atoms with E-state index in [-0.39, 0.29) is 0 Å². The number of ether oxygens (including phenoxy) is 1. The first-order valence-electron chi connectivity index (χ1n) is 6.23. The highest BCUT2D eigenvalue weighted by molar-refractivity contribution is 5.25. The van der Waals surface area contributed by atoms with E-state index in [1.807, 2.05) is 6.07 Å². The number of aromatic nitrogens is 1. The summed E-state index contributed by atoms with van der Waals surface area (Å²) < 4.78 is 5.29. The lowest BCUT2D eigenvalue weighted by Gasteiger charge is -2.22. The molecule has 0 amide bonds. The summed E-state index contributed by atoms with van der Waals surface area (Å²) in [6.45, 7) is 6.48. The second-order valence-electron chi connectivity index (χ2n) is 4.62. The first-order valence-corrected chi connectivity index (χ1v) is 6.23. The zero-order valence-corrected chi connectivity index (χ0v) is 10.6. The minimum atomic E-state index is 0.556. The molecule has 0 saturated carbocycles. The molecule has 1 N–H and O–H groups in total. The van der Waals surface area contributed by atoms with Gasteiger partial charge in [-0.25, -0.2) is 4.98 Å². The molecule has 0 bridgehead atoms. The molecule has 94 valence electrons. The Hall–Kier alpha value is -1.13. The molecule has 4 heteroatoms. The summed E-state index contributed by atoms with van der Waals surface area (Å²) in [4.78, 5) is 6.70. The predicted octanol–water partition coefficient (Wildman–Crippen LogP) is 1.27. The van der Waals surface area contributed by atoms with Gasteiger partial charge in [0.1, 0.15) is 0 Å². The summed E-state index contributed by atoms with van der Waals surface area (Å²) in [5, 5.41) is 3.50.